The molecule has 3 aromatic rings. The molecule has 1 N–H and O–H groups in total. The molecule has 1 amide bonds. The van der Waals surface area contributed by atoms with Gasteiger partial charge in [0.25, 0.3) is 0 Å². The van der Waals surface area contributed by atoms with Crippen molar-refractivity contribution in [2.24, 2.45) is 0 Å². The number of carbonyl (C=O) groups excluding carboxylic acids is 1. The molecule has 1 aromatic heterocycles. The van der Waals surface area contributed by atoms with E-state index < -0.39 is 6.09 Å². The Balaban J connectivity index is 1.84. The molecule has 124 valence electrons. The molecule has 7 nitrogen and oxygen atoms in total. The number of nitrogens with zero attached hydrogens (tertiary/aromatic N) is 4. The number of aromatic amines is 1. The van der Waals surface area contributed by atoms with E-state index in [0.717, 1.165) is 22.4 Å². The number of carbonyl (C=O) groups is 1. The molecule has 0 saturated carbocycles. The van der Waals surface area contributed by atoms with Crippen LogP contribution >= 0.6 is 11.6 Å². The van der Waals surface area contributed by atoms with Crippen molar-refractivity contribution in [2.45, 2.75) is 0 Å². The van der Waals surface area contributed by atoms with Crippen LogP contribution in [-0.4, -0.2) is 33.8 Å². The molecule has 4 rings (SSSR count). The van der Waals surface area contributed by atoms with Crippen LogP contribution in [0.25, 0.3) is 23.2 Å². The molecule has 0 aliphatic carbocycles. The van der Waals surface area contributed by atoms with Crippen molar-refractivity contribution in [3.8, 4) is 11.4 Å². The largest absolute Gasteiger partial charge is 0.419 e. The number of halogens is 1. The van der Waals surface area contributed by atoms with Gasteiger partial charge in [0.2, 0.25) is 5.82 Å². The fourth-order valence-corrected chi connectivity index (χ4v) is 2.71. The second kappa shape index (κ2) is 6.03. The molecular formula is C17H12ClN5O2. The fourth-order valence-electron chi connectivity index (χ4n) is 2.58. The lowest BCUT2D eigenvalue weighted by Gasteiger charge is -2.27. The Morgan fingerprint density at radius 3 is 2.72 bits per heavy atom. The predicted octanol–water partition coefficient (Wildman–Crippen LogP) is 3.60. The zero-order chi connectivity index (χ0) is 17.4. The zero-order valence-corrected chi connectivity index (χ0v) is 13.9. The first-order valence-electron chi connectivity index (χ1n) is 7.43. The van der Waals surface area contributed by atoms with E-state index >= 15 is 0 Å². The summed E-state index contributed by atoms with van der Waals surface area (Å²) in [6.07, 6.45) is 1.35. The molecule has 0 unspecified atom stereocenters. The maximum Gasteiger partial charge on any atom is 0.419 e. The van der Waals surface area contributed by atoms with Crippen LogP contribution in [0.3, 0.4) is 0 Å². The second-order valence-electron chi connectivity index (χ2n) is 5.45. The number of rotatable bonds is 2. The van der Waals surface area contributed by atoms with Crippen LogP contribution in [0.1, 0.15) is 11.1 Å². The van der Waals surface area contributed by atoms with Gasteiger partial charge in [0.15, 0.2) is 0 Å². The highest BCUT2D eigenvalue weighted by Crippen LogP contribution is 2.36. The number of hydrogen-bond donors (Lipinski definition) is 1. The smallest absolute Gasteiger partial charge is 0.409 e. The Morgan fingerprint density at radius 2 is 2.00 bits per heavy atom. The van der Waals surface area contributed by atoms with E-state index in [-0.39, 0.29) is 0 Å². The van der Waals surface area contributed by atoms with Crippen LogP contribution < -0.4 is 4.90 Å². The summed E-state index contributed by atoms with van der Waals surface area (Å²) < 4.78 is 5.48. The van der Waals surface area contributed by atoms with Gasteiger partial charge in [-0.05, 0) is 47.2 Å². The zero-order valence-electron chi connectivity index (χ0n) is 13.1. The van der Waals surface area contributed by atoms with Crippen LogP contribution in [0.4, 0.5) is 10.5 Å². The quantitative estimate of drug-likeness (QED) is 0.760. The van der Waals surface area contributed by atoms with E-state index in [9.17, 15) is 4.79 Å². The molecule has 0 saturated heterocycles. The van der Waals surface area contributed by atoms with E-state index in [4.69, 9.17) is 16.3 Å². The van der Waals surface area contributed by atoms with Gasteiger partial charge in [-0.2, -0.15) is 5.21 Å². The van der Waals surface area contributed by atoms with E-state index in [1.165, 1.54) is 4.90 Å². The van der Waals surface area contributed by atoms with Crippen molar-refractivity contribution in [1.82, 2.24) is 20.6 Å². The summed E-state index contributed by atoms with van der Waals surface area (Å²) >= 11 is 5.92. The number of H-pyrrole nitrogens is 1. The second-order valence-corrected chi connectivity index (χ2v) is 5.89. The van der Waals surface area contributed by atoms with Gasteiger partial charge in [0.05, 0.1) is 5.69 Å². The molecule has 0 fully saturated rings. The molecule has 0 bridgehead atoms. The molecule has 1 aliphatic rings. The number of cyclic esters (lactones) is 1. The third-order valence-electron chi connectivity index (χ3n) is 3.87. The lowest BCUT2D eigenvalue weighted by molar-refractivity contribution is 0.199. The molecule has 2 aromatic carbocycles. The Labute approximate surface area is 147 Å². The van der Waals surface area contributed by atoms with Crippen LogP contribution in [0.2, 0.25) is 5.02 Å². The average Bonchev–Trinajstić information content (AvgIpc) is 3.15. The maximum absolute atomic E-state index is 12.1. The maximum atomic E-state index is 12.1. The molecule has 1 aliphatic heterocycles. The first-order valence-corrected chi connectivity index (χ1v) is 7.80. The molecule has 0 spiro atoms. The number of amides is 1. The van der Waals surface area contributed by atoms with Crippen LogP contribution in [0.15, 0.2) is 42.5 Å². The standard InChI is InChI=1S/C17H12ClN5O2/c1-23-14-7-4-11(16-19-21-22-20-16)9-13(14)15(25-17(23)24)8-10-2-5-12(18)6-3-10/h2-9H,1H3,(H,19,20,21,22)/b15-8-. The van der Waals surface area contributed by atoms with Gasteiger partial charge in [0.1, 0.15) is 5.76 Å². The van der Waals surface area contributed by atoms with Gasteiger partial charge in [-0.25, -0.2) is 4.79 Å². The van der Waals surface area contributed by atoms with Crippen molar-refractivity contribution < 1.29 is 9.53 Å². The molecule has 0 radical (unpaired) electrons. The monoisotopic (exact) mass is 353 g/mol. The number of ether oxygens (including phenoxy) is 1. The summed E-state index contributed by atoms with van der Waals surface area (Å²) in [4.78, 5) is 13.6. The lowest BCUT2D eigenvalue weighted by atomic mass is 10.0. The molecule has 0 atom stereocenters. The predicted molar refractivity (Wildman–Crippen MR) is 93.8 cm³/mol. The van der Waals surface area contributed by atoms with Crippen LogP contribution in [-0.2, 0) is 4.74 Å². The normalized spacial score (nSPS) is 15.2. The van der Waals surface area contributed by atoms with Gasteiger partial charge < -0.3 is 4.74 Å². The molecule has 8 heteroatoms. The van der Waals surface area contributed by atoms with Gasteiger partial charge in [0, 0.05) is 23.2 Å². The summed E-state index contributed by atoms with van der Waals surface area (Å²) in [5.74, 6) is 0.916. The van der Waals surface area contributed by atoms with Crippen molar-refractivity contribution in [3.63, 3.8) is 0 Å². The Morgan fingerprint density at radius 1 is 1.20 bits per heavy atom. The molecule has 2 heterocycles. The number of nitrogens with one attached hydrogen (secondary N) is 1. The topological polar surface area (TPSA) is 84.0 Å². The van der Waals surface area contributed by atoms with E-state index in [0.29, 0.717) is 16.6 Å². The highest BCUT2D eigenvalue weighted by molar-refractivity contribution is 6.30. The number of anilines is 1. The highest BCUT2D eigenvalue weighted by Gasteiger charge is 2.27. The minimum atomic E-state index is -0.444. The van der Waals surface area contributed by atoms with Gasteiger partial charge in [-0.15, -0.1) is 10.2 Å². The Hall–Kier alpha value is -3.19. The average molecular weight is 354 g/mol. The number of fused-ring (bicyclic) bond motifs is 1. The van der Waals surface area contributed by atoms with Gasteiger partial charge in [-0.3, -0.25) is 4.90 Å². The van der Waals surface area contributed by atoms with E-state index in [1.54, 1.807) is 25.3 Å². The minimum Gasteiger partial charge on any atom is -0.409 e. The third-order valence-corrected chi connectivity index (χ3v) is 4.12. The number of tetrazole rings is 1. The summed E-state index contributed by atoms with van der Waals surface area (Å²) in [7, 11) is 1.66. The number of hydrogen-bond acceptors (Lipinski definition) is 5. The summed E-state index contributed by atoms with van der Waals surface area (Å²) in [6.45, 7) is 0. The summed E-state index contributed by atoms with van der Waals surface area (Å²) in [6, 6.07) is 12.8. The SMILES string of the molecule is CN1C(=O)O/C(=C\c2ccc(Cl)cc2)c2cc(-c3nn[nH]n3)ccc21. The summed E-state index contributed by atoms with van der Waals surface area (Å²) in [5, 5.41) is 14.6. The first kappa shape index (κ1) is 15.3. The number of aromatic nitrogens is 4. The van der Waals surface area contributed by atoms with Gasteiger partial charge in [-0.1, -0.05) is 23.7 Å². The fraction of sp³-hybridized carbons (Fsp3) is 0.0588. The lowest BCUT2D eigenvalue weighted by Crippen LogP contribution is -2.31. The van der Waals surface area contributed by atoms with Crippen molar-refractivity contribution in [3.05, 3.63) is 58.6 Å². The van der Waals surface area contributed by atoms with Crippen LogP contribution in [0, 0.1) is 0 Å². The van der Waals surface area contributed by atoms with E-state index in [1.807, 2.05) is 30.3 Å². The van der Waals surface area contributed by atoms with Crippen LogP contribution in [0.5, 0.6) is 0 Å². The van der Waals surface area contributed by atoms with E-state index in [2.05, 4.69) is 20.6 Å². The first-order chi connectivity index (χ1) is 12.1. The summed E-state index contributed by atoms with van der Waals surface area (Å²) in [5.41, 5.74) is 3.14. The Kier molecular flexibility index (Phi) is 3.70. The number of benzene rings is 2. The third kappa shape index (κ3) is 2.85. The minimum absolute atomic E-state index is 0.444. The van der Waals surface area contributed by atoms with Crippen molar-refractivity contribution >= 4 is 35.2 Å². The Bertz CT molecular complexity index is 967. The van der Waals surface area contributed by atoms with Crippen molar-refractivity contribution in [2.75, 3.05) is 11.9 Å². The molecule has 25 heavy (non-hydrogen) atoms. The van der Waals surface area contributed by atoms with Crippen molar-refractivity contribution in [1.29, 1.82) is 0 Å². The van der Waals surface area contributed by atoms with Gasteiger partial charge >= 0.3 is 6.09 Å². The molecular weight excluding hydrogens is 342 g/mol. The highest BCUT2D eigenvalue weighted by atomic mass is 35.5.